The molecule has 1 aliphatic heterocycles. The van der Waals surface area contributed by atoms with Crippen molar-refractivity contribution in [1.29, 1.82) is 0 Å². The molecule has 3 aromatic carbocycles. The summed E-state index contributed by atoms with van der Waals surface area (Å²) in [6, 6.07) is 19.4. The maximum Gasteiger partial charge on any atom is 0.0815 e. The SMILES string of the molecule is CCc1c(C=C2Sc3ccc(Cl)cc3N2CC)sc2ccc3ccccc3c12. The quantitative estimate of drug-likeness (QED) is 0.328. The van der Waals surface area contributed by atoms with E-state index in [0.29, 0.717) is 0 Å². The molecule has 1 nitrogen and oxygen atoms in total. The molecule has 0 radical (unpaired) electrons. The highest BCUT2D eigenvalue weighted by atomic mass is 35.5. The minimum atomic E-state index is 0.793. The van der Waals surface area contributed by atoms with Gasteiger partial charge < -0.3 is 4.90 Å². The van der Waals surface area contributed by atoms with E-state index in [1.807, 2.05) is 29.2 Å². The Morgan fingerprint density at radius 2 is 1.89 bits per heavy atom. The average Bonchev–Trinajstić information content (AvgIpc) is 3.24. The Hall–Kier alpha value is -1.94. The zero-order chi connectivity index (χ0) is 19.3. The Balaban J connectivity index is 1.69. The summed E-state index contributed by atoms with van der Waals surface area (Å²) >= 11 is 10.00. The molecule has 140 valence electrons. The summed E-state index contributed by atoms with van der Waals surface area (Å²) in [6.07, 6.45) is 3.41. The van der Waals surface area contributed by atoms with Gasteiger partial charge in [-0.05, 0) is 60.0 Å². The van der Waals surface area contributed by atoms with Crippen LogP contribution in [0.2, 0.25) is 5.02 Å². The molecule has 2 heterocycles. The first kappa shape index (κ1) is 18.1. The zero-order valence-electron chi connectivity index (χ0n) is 15.8. The van der Waals surface area contributed by atoms with Crippen LogP contribution in [0.1, 0.15) is 24.3 Å². The van der Waals surface area contributed by atoms with Gasteiger partial charge in [-0.3, -0.25) is 0 Å². The third-order valence-electron chi connectivity index (χ3n) is 5.33. The standard InChI is InChI=1S/C24H20ClNS2/c1-3-17-22(27-21-11-9-15-7-5-6-8-18(15)24(17)21)14-23-26(4-2)19-13-16(25)10-12-20(19)28-23/h5-14H,3-4H2,1-2H3. The number of nitrogens with zero attached hydrogens (tertiary/aromatic N) is 1. The van der Waals surface area contributed by atoms with Gasteiger partial charge in [-0.1, -0.05) is 60.6 Å². The van der Waals surface area contributed by atoms with Crippen LogP contribution >= 0.6 is 34.7 Å². The Morgan fingerprint density at radius 1 is 1.04 bits per heavy atom. The first-order valence-corrected chi connectivity index (χ1v) is 11.6. The van der Waals surface area contributed by atoms with Gasteiger partial charge in [0.2, 0.25) is 0 Å². The molecule has 1 aromatic heterocycles. The number of benzene rings is 3. The summed E-state index contributed by atoms with van der Waals surface area (Å²) in [4.78, 5) is 5.02. The number of thioether (sulfide) groups is 1. The van der Waals surface area contributed by atoms with Crippen LogP contribution in [0.15, 0.2) is 64.5 Å². The number of aryl methyl sites for hydroxylation is 1. The Labute approximate surface area is 178 Å². The van der Waals surface area contributed by atoms with E-state index in [1.165, 1.54) is 46.9 Å². The Kier molecular flexibility index (Phi) is 4.62. The van der Waals surface area contributed by atoms with Gasteiger partial charge >= 0.3 is 0 Å². The van der Waals surface area contributed by atoms with Crippen molar-refractivity contribution in [3.05, 3.63) is 75.1 Å². The molecule has 28 heavy (non-hydrogen) atoms. The molecule has 5 rings (SSSR count). The van der Waals surface area contributed by atoms with Crippen molar-refractivity contribution in [1.82, 2.24) is 0 Å². The number of fused-ring (bicyclic) bond motifs is 4. The van der Waals surface area contributed by atoms with E-state index in [1.54, 1.807) is 0 Å². The number of anilines is 1. The van der Waals surface area contributed by atoms with Crippen LogP contribution in [0.25, 0.3) is 26.9 Å². The van der Waals surface area contributed by atoms with E-state index in [2.05, 4.69) is 73.4 Å². The molecule has 0 bridgehead atoms. The normalized spacial score (nSPS) is 15.1. The number of rotatable bonds is 3. The van der Waals surface area contributed by atoms with Gasteiger partial charge in [0.15, 0.2) is 0 Å². The molecule has 0 saturated carbocycles. The van der Waals surface area contributed by atoms with Crippen LogP contribution in [-0.4, -0.2) is 6.54 Å². The van der Waals surface area contributed by atoms with Crippen LogP contribution in [-0.2, 0) is 6.42 Å². The number of hydrogen-bond acceptors (Lipinski definition) is 3. The lowest BCUT2D eigenvalue weighted by Crippen LogP contribution is -2.16. The molecule has 0 atom stereocenters. The summed E-state index contributed by atoms with van der Waals surface area (Å²) in [5.41, 5.74) is 2.67. The highest BCUT2D eigenvalue weighted by Crippen LogP contribution is 2.48. The number of thiophene rings is 1. The minimum absolute atomic E-state index is 0.793. The number of hydrogen-bond donors (Lipinski definition) is 0. The summed E-state index contributed by atoms with van der Waals surface area (Å²) < 4.78 is 1.37. The molecular weight excluding hydrogens is 402 g/mol. The highest BCUT2D eigenvalue weighted by molar-refractivity contribution is 8.03. The fourth-order valence-electron chi connectivity index (χ4n) is 4.04. The molecule has 0 amide bonds. The van der Waals surface area contributed by atoms with E-state index in [0.717, 1.165) is 18.0 Å². The Bertz CT molecular complexity index is 1240. The molecule has 0 N–H and O–H groups in total. The number of halogens is 1. The van der Waals surface area contributed by atoms with Crippen LogP contribution in [0.3, 0.4) is 0 Å². The van der Waals surface area contributed by atoms with Crippen molar-refractivity contribution >= 4 is 67.3 Å². The summed E-state index contributed by atoms with van der Waals surface area (Å²) in [5, 5.41) is 6.17. The average molecular weight is 422 g/mol. The lowest BCUT2D eigenvalue weighted by Gasteiger charge is -2.18. The smallest absolute Gasteiger partial charge is 0.0815 e. The van der Waals surface area contributed by atoms with Gasteiger partial charge in [0, 0.05) is 31.4 Å². The maximum absolute atomic E-state index is 6.26. The summed E-state index contributed by atoms with van der Waals surface area (Å²) in [7, 11) is 0. The predicted molar refractivity (Wildman–Crippen MR) is 127 cm³/mol. The largest absolute Gasteiger partial charge is 0.335 e. The minimum Gasteiger partial charge on any atom is -0.335 e. The predicted octanol–water partition coefficient (Wildman–Crippen LogP) is 8.20. The first-order chi connectivity index (χ1) is 13.7. The van der Waals surface area contributed by atoms with Crippen LogP contribution in [0.5, 0.6) is 0 Å². The molecule has 4 aromatic rings. The topological polar surface area (TPSA) is 3.24 Å². The van der Waals surface area contributed by atoms with Gasteiger partial charge in [-0.25, -0.2) is 0 Å². The lowest BCUT2D eigenvalue weighted by molar-refractivity contribution is 1.01. The molecule has 0 fully saturated rings. The molecular formula is C24H20ClNS2. The van der Waals surface area contributed by atoms with E-state index < -0.39 is 0 Å². The van der Waals surface area contributed by atoms with Crippen LogP contribution in [0, 0.1) is 0 Å². The first-order valence-electron chi connectivity index (χ1n) is 9.59. The molecule has 0 spiro atoms. The van der Waals surface area contributed by atoms with Crippen molar-refractivity contribution in [3.63, 3.8) is 0 Å². The lowest BCUT2D eigenvalue weighted by atomic mass is 10.0. The van der Waals surface area contributed by atoms with E-state index >= 15 is 0 Å². The second-order valence-corrected chi connectivity index (χ2v) is 9.48. The van der Waals surface area contributed by atoms with Crippen LogP contribution in [0.4, 0.5) is 5.69 Å². The van der Waals surface area contributed by atoms with Gasteiger partial charge in [0.1, 0.15) is 0 Å². The molecule has 0 saturated heterocycles. The van der Waals surface area contributed by atoms with Crippen LogP contribution < -0.4 is 4.90 Å². The molecule has 1 aliphatic rings. The van der Waals surface area contributed by atoms with Crippen molar-refractivity contribution in [2.75, 3.05) is 11.4 Å². The third kappa shape index (κ3) is 2.85. The fraction of sp³-hybridized carbons (Fsp3) is 0.167. The third-order valence-corrected chi connectivity index (χ3v) is 7.82. The molecule has 0 aliphatic carbocycles. The molecule has 4 heteroatoms. The highest BCUT2D eigenvalue weighted by Gasteiger charge is 2.25. The van der Waals surface area contributed by atoms with Gasteiger partial charge in [0.25, 0.3) is 0 Å². The van der Waals surface area contributed by atoms with Gasteiger partial charge in [0.05, 0.1) is 10.7 Å². The Morgan fingerprint density at radius 3 is 2.71 bits per heavy atom. The monoisotopic (exact) mass is 421 g/mol. The summed E-state index contributed by atoms with van der Waals surface area (Å²) in [6.45, 7) is 5.39. The zero-order valence-corrected chi connectivity index (χ0v) is 18.2. The van der Waals surface area contributed by atoms with Gasteiger partial charge in [-0.2, -0.15) is 0 Å². The summed E-state index contributed by atoms with van der Waals surface area (Å²) in [5.74, 6) is 0. The van der Waals surface area contributed by atoms with E-state index in [4.69, 9.17) is 11.6 Å². The maximum atomic E-state index is 6.26. The fourth-order valence-corrected chi connectivity index (χ4v) is 6.68. The van der Waals surface area contributed by atoms with E-state index in [-0.39, 0.29) is 0 Å². The molecule has 0 unspecified atom stereocenters. The van der Waals surface area contributed by atoms with Crippen molar-refractivity contribution in [3.8, 4) is 0 Å². The van der Waals surface area contributed by atoms with E-state index in [9.17, 15) is 0 Å². The van der Waals surface area contributed by atoms with Crippen molar-refractivity contribution in [2.24, 2.45) is 0 Å². The van der Waals surface area contributed by atoms with Crippen molar-refractivity contribution in [2.45, 2.75) is 25.2 Å². The van der Waals surface area contributed by atoms with Gasteiger partial charge in [-0.15, -0.1) is 11.3 Å². The second-order valence-electron chi connectivity index (χ2n) is 6.90. The second kappa shape index (κ2) is 7.14. The van der Waals surface area contributed by atoms with Crippen molar-refractivity contribution < 1.29 is 0 Å².